The van der Waals surface area contributed by atoms with Crippen LogP contribution in [-0.2, 0) is 17.6 Å². The molecule has 1 fully saturated rings. The molecule has 0 aromatic carbocycles. The molecule has 9 heteroatoms. The number of nitrogens with zero attached hydrogens (tertiary/aromatic N) is 3. The lowest BCUT2D eigenvalue weighted by molar-refractivity contribution is -0.122. The lowest BCUT2D eigenvalue weighted by Crippen LogP contribution is -2.50. The summed E-state index contributed by atoms with van der Waals surface area (Å²) in [7, 11) is 3.48. The number of hydrogen-bond acceptors (Lipinski definition) is 5. The van der Waals surface area contributed by atoms with Crippen LogP contribution in [-0.4, -0.2) is 68.1 Å². The number of nitrogens with one attached hydrogen (secondary N) is 3. The number of halogens is 1. The van der Waals surface area contributed by atoms with Gasteiger partial charge < -0.3 is 16.0 Å². The summed E-state index contributed by atoms with van der Waals surface area (Å²) in [5.41, 5.74) is 0. The van der Waals surface area contributed by atoms with E-state index in [4.69, 9.17) is 0 Å². The van der Waals surface area contributed by atoms with Gasteiger partial charge >= 0.3 is 0 Å². The van der Waals surface area contributed by atoms with Gasteiger partial charge in [0.2, 0.25) is 5.91 Å². The molecule has 0 spiro atoms. The molecule has 1 saturated heterocycles. The molecule has 1 aromatic rings. The number of hydrogen-bond donors (Lipinski definition) is 3. The summed E-state index contributed by atoms with van der Waals surface area (Å²) in [6.07, 6.45) is 5.97. The minimum absolute atomic E-state index is 0. The summed E-state index contributed by atoms with van der Waals surface area (Å²) >= 11 is 1.79. The monoisotopic (exact) mass is 494 g/mol. The molecule has 2 rings (SSSR count). The Labute approximate surface area is 177 Å². The minimum atomic E-state index is 0. The Morgan fingerprint density at radius 3 is 2.73 bits per heavy atom. The van der Waals surface area contributed by atoms with Gasteiger partial charge in [-0.3, -0.25) is 14.7 Å². The normalized spacial score (nSPS) is 16.0. The fourth-order valence-electron chi connectivity index (χ4n) is 2.82. The van der Waals surface area contributed by atoms with Crippen LogP contribution in [0.3, 0.4) is 0 Å². The van der Waals surface area contributed by atoms with Crippen molar-refractivity contribution in [1.29, 1.82) is 0 Å². The highest BCUT2D eigenvalue weighted by Gasteiger charge is 2.21. The van der Waals surface area contributed by atoms with Crippen LogP contribution in [0.2, 0.25) is 0 Å². The molecule has 2 heterocycles. The van der Waals surface area contributed by atoms with Gasteiger partial charge in [0.15, 0.2) is 5.96 Å². The molecule has 26 heavy (non-hydrogen) atoms. The van der Waals surface area contributed by atoms with Gasteiger partial charge in [0.1, 0.15) is 0 Å². The Morgan fingerprint density at radius 1 is 1.42 bits per heavy atom. The van der Waals surface area contributed by atoms with Crippen LogP contribution in [0.25, 0.3) is 0 Å². The Morgan fingerprint density at radius 2 is 2.15 bits per heavy atom. The fraction of sp³-hybridized carbons (Fsp3) is 0.706. The predicted octanol–water partition coefficient (Wildman–Crippen LogP) is 1.24. The third-order valence-corrected chi connectivity index (χ3v) is 5.58. The van der Waals surface area contributed by atoms with Crippen molar-refractivity contribution in [3.8, 4) is 0 Å². The van der Waals surface area contributed by atoms with Gasteiger partial charge in [0.05, 0.1) is 11.6 Å². The molecule has 7 nitrogen and oxygen atoms in total. The van der Waals surface area contributed by atoms with E-state index in [1.165, 1.54) is 9.88 Å². The number of likely N-dealkylation sites (N-methyl/N-ethyl adjacent to an activating group) is 1. The van der Waals surface area contributed by atoms with Crippen LogP contribution in [0.5, 0.6) is 0 Å². The first kappa shape index (κ1) is 23.1. The quantitative estimate of drug-likeness (QED) is 0.302. The molecule has 1 aliphatic rings. The summed E-state index contributed by atoms with van der Waals surface area (Å²) in [6, 6.07) is 0.402. The maximum Gasteiger partial charge on any atom is 0.233 e. The summed E-state index contributed by atoms with van der Waals surface area (Å²) < 4.78 is 0. The number of aryl methyl sites for hydroxylation is 1. The molecule has 3 N–H and O–H groups in total. The zero-order valence-electron chi connectivity index (χ0n) is 15.9. The van der Waals surface area contributed by atoms with E-state index >= 15 is 0 Å². The van der Waals surface area contributed by atoms with Crippen LogP contribution < -0.4 is 16.0 Å². The minimum Gasteiger partial charge on any atom is -0.358 e. The second kappa shape index (κ2) is 12.4. The Kier molecular flexibility index (Phi) is 11.1. The third-order valence-electron chi connectivity index (χ3n) is 4.38. The first-order valence-electron chi connectivity index (χ1n) is 8.98. The van der Waals surface area contributed by atoms with E-state index in [0.717, 1.165) is 51.3 Å². The Bertz CT molecular complexity index is 571. The number of likely N-dealkylation sites (tertiary alicyclic amines) is 1. The average molecular weight is 494 g/mol. The number of amides is 1. The third kappa shape index (κ3) is 7.75. The van der Waals surface area contributed by atoms with E-state index in [9.17, 15) is 4.79 Å². The van der Waals surface area contributed by atoms with Gasteiger partial charge in [-0.25, -0.2) is 4.98 Å². The smallest absolute Gasteiger partial charge is 0.233 e. The van der Waals surface area contributed by atoms with Gasteiger partial charge in [-0.05, 0) is 19.3 Å². The number of aromatic nitrogens is 1. The standard InChI is InChI=1S/C17H30N6OS.HI/c1-4-14-11-21-16(25-14)5-8-20-17(19-3)22-13-6-9-23(10-7-13)12-15(24)18-2;/h11,13H,4-10,12H2,1-3H3,(H,18,24)(H2,19,20,22);1H. The number of rotatable bonds is 7. The lowest BCUT2D eigenvalue weighted by Gasteiger charge is -2.32. The second-order valence-electron chi connectivity index (χ2n) is 6.19. The highest BCUT2D eigenvalue weighted by molar-refractivity contribution is 14.0. The van der Waals surface area contributed by atoms with Crippen molar-refractivity contribution in [2.75, 3.05) is 40.3 Å². The first-order valence-corrected chi connectivity index (χ1v) is 9.80. The van der Waals surface area contributed by atoms with E-state index in [2.05, 4.69) is 37.8 Å². The number of thiazole rings is 1. The number of guanidine groups is 1. The molecule has 1 aromatic heterocycles. The van der Waals surface area contributed by atoms with Crippen molar-refractivity contribution >= 4 is 47.2 Å². The van der Waals surface area contributed by atoms with E-state index in [1.807, 2.05) is 6.20 Å². The van der Waals surface area contributed by atoms with Crippen LogP contribution in [0.15, 0.2) is 11.2 Å². The Hall–Kier alpha value is -0.940. The average Bonchev–Trinajstić information content (AvgIpc) is 3.10. The highest BCUT2D eigenvalue weighted by atomic mass is 127. The van der Waals surface area contributed by atoms with Gasteiger partial charge in [-0.1, -0.05) is 6.92 Å². The maximum atomic E-state index is 11.4. The molecular weight excluding hydrogens is 463 g/mol. The number of carbonyl (C=O) groups is 1. The van der Waals surface area contributed by atoms with Crippen molar-refractivity contribution in [2.45, 2.75) is 38.6 Å². The first-order chi connectivity index (χ1) is 12.1. The molecule has 0 saturated carbocycles. The van der Waals surface area contributed by atoms with E-state index in [0.29, 0.717) is 12.6 Å². The predicted molar refractivity (Wildman–Crippen MR) is 119 cm³/mol. The summed E-state index contributed by atoms with van der Waals surface area (Å²) in [5, 5.41) is 10.7. The number of piperidine rings is 1. The topological polar surface area (TPSA) is 81.7 Å². The highest BCUT2D eigenvalue weighted by Crippen LogP contribution is 2.13. The molecule has 1 aliphatic heterocycles. The Balaban J connectivity index is 0.00000338. The van der Waals surface area contributed by atoms with Crippen molar-refractivity contribution in [2.24, 2.45) is 4.99 Å². The van der Waals surface area contributed by atoms with Crippen molar-refractivity contribution < 1.29 is 4.79 Å². The SMILES string of the molecule is CCc1cnc(CCNC(=NC)NC2CCN(CC(=O)NC)CC2)s1.I. The van der Waals surface area contributed by atoms with Gasteiger partial charge in [-0.2, -0.15) is 0 Å². The summed E-state index contributed by atoms with van der Waals surface area (Å²) in [6.45, 7) is 5.33. The molecule has 0 bridgehead atoms. The fourth-order valence-corrected chi connectivity index (χ4v) is 3.68. The van der Waals surface area contributed by atoms with Crippen molar-refractivity contribution in [1.82, 2.24) is 25.8 Å². The van der Waals surface area contributed by atoms with Crippen molar-refractivity contribution in [3.63, 3.8) is 0 Å². The molecule has 0 radical (unpaired) electrons. The molecule has 0 unspecified atom stereocenters. The van der Waals surface area contributed by atoms with E-state index in [1.54, 1.807) is 25.4 Å². The largest absolute Gasteiger partial charge is 0.358 e. The van der Waals surface area contributed by atoms with Crippen LogP contribution in [0, 0.1) is 0 Å². The molecule has 0 atom stereocenters. The zero-order chi connectivity index (χ0) is 18.1. The van der Waals surface area contributed by atoms with Crippen LogP contribution >= 0.6 is 35.3 Å². The van der Waals surface area contributed by atoms with E-state index in [-0.39, 0.29) is 29.9 Å². The number of aliphatic imine (C=N–C) groups is 1. The second-order valence-corrected chi connectivity index (χ2v) is 7.39. The summed E-state index contributed by atoms with van der Waals surface area (Å²) in [4.78, 5) is 23.7. The zero-order valence-corrected chi connectivity index (χ0v) is 19.0. The van der Waals surface area contributed by atoms with Crippen molar-refractivity contribution in [3.05, 3.63) is 16.1 Å². The molecule has 148 valence electrons. The summed E-state index contributed by atoms with van der Waals surface area (Å²) in [5.74, 6) is 0.925. The van der Waals surface area contributed by atoms with Crippen LogP contribution in [0.1, 0.15) is 29.7 Å². The van der Waals surface area contributed by atoms with Gasteiger partial charge in [0.25, 0.3) is 0 Å². The van der Waals surface area contributed by atoms with E-state index < -0.39 is 0 Å². The number of carbonyl (C=O) groups excluding carboxylic acids is 1. The molecule has 1 amide bonds. The van der Waals surface area contributed by atoms with Gasteiger partial charge in [-0.15, -0.1) is 35.3 Å². The van der Waals surface area contributed by atoms with Gasteiger partial charge in [0, 0.05) is 57.3 Å². The lowest BCUT2D eigenvalue weighted by atomic mass is 10.1. The maximum absolute atomic E-state index is 11.4. The van der Waals surface area contributed by atoms with Crippen LogP contribution in [0.4, 0.5) is 0 Å². The molecular formula is C17H31IN6OS. The molecule has 0 aliphatic carbocycles.